The van der Waals surface area contributed by atoms with Crippen LogP contribution in [0.5, 0.6) is 0 Å². The van der Waals surface area contributed by atoms with Gasteiger partial charge in [0, 0.05) is 18.7 Å². The number of thioether (sulfide) groups is 1. The van der Waals surface area contributed by atoms with E-state index < -0.39 is 4.92 Å². The number of hydrogen-bond acceptors (Lipinski definition) is 9. The molecule has 1 aliphatic heterocycles. The fraction of sp³-hybridized carbons (Fsp3) is 0.100. The number of benzene rings is 1. The number of amidine groups is 1. The maximum atomic E-state index is 12.9. The molecule has 0 atom stereocenters. The Kier molecular flexibility index (Phi) is 5.78. The molecule has 1 saturated heterocycles. The number of amides is 1. The lowest BCUT2D eigenvalue weighted by Gasteiger charge is -2.11. The number of nitrogens with zero attached hydrogens (tertiary/aromatic N) is 5. The van der Waals surface area contributed by atoms with Gasteiger partial charge in [-0.25, -0.2) is 0 Å². The van der Waals surface area contributed by atoms with E-state index in [4.69, 9.17) is 4.42 Å². The number of carbonyl (C=O) groups excluding carboxylic acids is 1. The molecule has 156 valence electrons. The molecule has 11 heteroatoms. The molecule has 0 unspecified atom stereocenters. The van der Waals surface area contributed by atoms with Gasteiger partial charge < -0.3 is 4.42 Å². The van der Waals surface area contributed by atoms with Crippen LogP contribution in [0.4, 0.5) is 10.8 Å². The third kappa shape index (κ3) is 4.32. The van der Waals surface area contributed by atoms with Crippen molar-refractivity contribution in [3.05, 3.63) is 74.8 Å². The van der Waals surface area contributed by atoms with Crippen molar-refractivity contribution in [3.8, 4) is 11.3 Å². The molecule has 2 aromatic heterocycles. The highest BCUT2D eigenvalue weighted by molar-refractivity contribution is 8.18. The van der Waals surface area contributed by atoms with Crippen LogP contribution in [-0.4, -0.2) is 37.6 Å². The smallest absolute Gasteiger partial charge is 0.280 e. The van der Waals surface area contributed by atoms with Crippen LogP contribution in [0.25, 0.3) is 17.4 Å². The van der Waals surface area contributed by atoms with E-state index in [2.05, 4.69) is 21.8 Å². The summed E-state index contributed by atoms with van der Waals surface area (Å²) in [5.41, 5.74) is 0.311. The van der Waals surface area contributed by atoms with Gasteiger partial charge in [-0.1, -0.05) is 29.5 Å². The Hall–Kier alpha value is -3.57. The Labute approximate surface area is 185 Å². The molecule has 0 N–H and O–H groups in total. The van der Waals surface area contributed by atoms with Crippen LogP contribution in [0, 0.1) is 17.0 Å². The van der Waals surface area contributed by atoms with Crippen molar-refractivity contribution in [2.75, 3.05) is 6.54 Å². The highest BCUT2D eigenvalue weighted by Gasteiger charge is 2.33. The largest absolute Gasteiger partial charge is 0.456 e. The van der Waals surface area contributed by atoms with Gasteiger partial charge in [0.15, 0.2) is 5.17 Å². The van der Waals surface area contributed by atoms with Crippen molar-refractivity contribution in [3.63, 3.8) is 0 Å². The van der Waals surface area contributed by atoms with Crippen molar-refractivity contribution in [1.82, 2.24) is 15.1 Å². The lowest BCUT2D eigenvalue weighted by molar-refractivity contribution is -0.384. The molecular weight excluding hydrogens is 438 g/mol. The zero-order chi connectivity index (χ0) is 22.0. The molecule has 3 aromatic rings. The SMILES string of the molecule is C=CCN1C(=O)/C(=C\c2ccc(-c3ccccc3[N+](=O)[O-])o2)S/C1=N/c1nnc(C)s1. The lowest BCUT2D eigenvalue weighted by atomic mass is 10.1. The number of aryl methyl sites for hydroxylation is 1. The molecule has 1 aromatic carbocycles. The first-order valence-electron chi connectivity index (χ1n) is 9.01. The van der Waals surface area contributed by atoms with Crippen molar-refractivity contribution in [2.24, 2.45) is 4.99 Å². The molecule has 1 amide bonds. The van der Waals surface area contributed by atoms with Crippen molar-refractivity contribution in [2.45, 2.75) is 6.92 Å². The minimum Gasteiger partial charge on any atom is -0.456 e. The molecule has 9 nitrogen and oxygen atoms in total. The normalized spacial score (nSPS) is 16.4. The maximum absolute atomic E-state index is 12.9. The standard InChI is InChI=1S/C20H15N5O4S2/c1-3-10-24-18(26)17(31-20(24)21-19-23-22-12(2)30-19)11-13-8-9-16(29-13)14-6-4-5-7-15(14)25(27)28/h3-9,11H,1,10H2,2H3/b17-11+,21-20+. The van der Waals surface area contributed by atoms with Crippen LogP contribution in [0.15, 0.2) is 63.4 Å². The molecule has 0 saturated carbocycles. The minimum atomic E-state index is -0.461. The highest BCUT2D eigenvalue weighted by atomic mass is 32.2. The number of para-hydroxylation sites is 1. The number of carbonyl (C=O) groups is 1. The summed E-state index contributed by atoms with van der Waals surface area (Å²) in [5, 5.41) is 20.9. The molecular formula is C20H15N5O4S2. The number of aromatic nitrogens is 2. The van der Waals surface area contributed by atoms with E-state index in [1.165, 1.54) is 34.1 Å². The average molecular weight is 454 g/mol. The molecule has 0 spiro atoms. The Morgan fingerprint density at radius 2 is 2.10 bits per heavy atom. The molecule has 0 bridgehead atoms. The van der Waals surface area contributed by atoms with E-state index >= 15 is 0 Å². The fourth-order valence-electron chi connectivity index (χ4n) is 2.84. The summed E-state index contributed by atoms with van der Waals surface area (Å²) in [7, 11) is 0. The minimum absolute atomic E-state index is 0.0544. The summed E-state index contributed by atoms with van der Waals surface area (Å²) in [6, 6.07) is 9.62. The summed E-state index contributed by atoms with van der Waals surface area (Å²) < 4.78 is 5.78. The average Bonchev–Trinajstić information content (AvgIpc) is 3.45. The first kappa shape index (κ1) is 20.7. The van der Waals surface area contributed by atoms with Crippen LogP contribution in [0.2, 0.25) is 0 Å². The van der Waals surface area contributed by atoms with Crippen LogP contribution in [0.3, 0.4) is 0 Å². The molecule has 4 rings (SSSR count). The number of nitro groups is 1. The summed E-state index contributed by atoms with van der Waals surface area (Å²) in [5.74, 6) is 0.500. The van der Waals surface area contributed by atoms with E-state index in [9.17, 15) is 14.9 Å². The quantitative estimate of drug-likeness (QED) is 0.228. The van der Waals surface area contributed by atoms with Gasteiger partial charge in [-0.05, 0) is 36.9 Å². The second kappa shape index (κ2) is 8.66. The molecule has 0 radical (unpaired) electrons. The van der Waals surface area contributed by atoms with Gasteiger partial charge in [-0.3, -0.25) is 19.8 Å². The monoisotopic (exact) mass is 453 g/mol. The number of hydrogen-bond donors (Lipinski definition) is 0. The van der Waals surface area contributed by atoms with E-state index in [1.807, 2.05) is 6.92 Å². The summed E-state index contributed by atoms with van der Waals surface area (Å²) in [6.45, 7) is 5.81. The van der Waals surface area contributed by atoms with Crippen molar-refractivity contribution < 1.29 is 14.1 Å². The molecule has 3 heterocycles. The second-order valence-corrected chi connectivity index (χ2v) is 8.46. The third-order valence-electron chi connectivity index (χ3n) is 4.17. The zero-order valence-corrected chi connectivity index (χ0v) is 17.9. The van der Waals surface area contributed by atoms with Gasteiger partial charge >= 0.3 is 0 Å². The number of rotatable bonds is 6. The van der Waals surface area contributed by atoms with Crippen LogP contribution >= 0.6 is 23.1 Å². The third-order valence-corrected chi connectivity index (χ3v) is 5.91. The van der Waals surface area contributed by atoms with Gasteiger partial charge in [0.1, 0.15) is 16.5 Å². The Morgan fingerprint density at radius 3 is 2.81 bits per heavy atom. The summed E-state index contributed by atoms with van der Waals surface area (Å²) >= 11 is 2.52. The number of nitro benzene ring substituents is 1. The Balaban J connectivity index is 1.65. The highest BCUT2D eigenvalue weighted by Crippen LogP contribution is 2.36. The van der Waals surface area contributed by atoms with E-state index in [0.29, 0.717) is 38.8 Å². The van der Waals surface area contributed by atoms with Gasteiger partial charge in [0.05, 0.1) is 15.4 Å². The number of aliphatic imine (C=N–C) groups is 1. The van der Waals surface area contributed by atoms with Crippen LogP contribution < -0.4 is 0 Å². The van der Waals surface area contributed by atoms with Crippen molar-refractivity contribution >= 4 is 51.1 Å². The van der Waals surface area contributed by atoms with E-state index in [1.54, 1.807) is 42.5 Å². The van der Waals surface area contributed by atoms with Crippen molar-refractivity contribution in [1.29, 1.82) is 0 Å². The molecule has 31 heavy (non-hydrogen) atoms. The van der Waals surface area contributed by atoms with Gasteiger partial charge in [0.25, 0.3) is 11.6 Å². The molecule has 1 aliphatic rings. The van der Waals surface area contributed by atoms with Crippen LogP contribution in [0.1, 0.15) is 10.8 Å². The number of furan rings is 1. The van der Waals surface area contributed by atoms with Gasteiger partial charge in [0.2, 0.25) is 5.13 Å². The second-order valence-electron chi connectivity index (χ2n) is 6.29. The fourth-order valence-corrected chi connectivity index (χ4v) is 4.43. The summed E-state index contributed by atoms with van der Waals surface area (Å²) in [6.07, 6.45) is 3.21. The molecule has 1 fully saturated rings. The zero-order valence-electron chi connectivity index (χ0n) is 16.2. The summed E-state index contributed by atoms with van der Waals surface area (Å²) in [4.78, 5) is 30.0. The van der Waals surface area contributed by atoms with Gasteiger partial charge in [-0.15, -0.1) is 16.8 Å². The predicted octanol–water partition coefficient (Wildman–Crippen LogP) is 4.80. The molecule has 0 aliphatic carbocycles. The lowest BCUT2D eigenvalue weighted by Crippen LogP contribution is -2.29. The van der Waals surface area contributed by atoms with Crippen LogP contribution in [-0.2, 0) is 4.79 Å². The van der Waals surface area contributed by atoms with E-state index in [0.717, 1.165) is 5.01 Å². The topological polar surface area (TPSA) is 115 Å². The maximum Gasteiger partial charge on any atom is 0.280 e. The first-order chi connectivity index (χ1) is 15.0. The first-order valence-corrected chi connectivity index (χ1v) is 10.6. The van der Waals surface area contributed by atoms with Gasteiger partial charge in [-0.2, -0.15) is 4.99 Å². The predicted molar refractivity (Wildman–Crippen MR) is 120 cm³/mol. The Morgan fingerprint density at radius 1 is 1.29 bits per heavy atom. The van der Waals surface area contributed by atoms with E-state index in [-0.39, 0.29) is 11.6 Å². The Bertz CT molecular complexity index is 1240.